The Morgan fingerprint density at radius 1 is 1.15 bits per heavy atom. The predicted molar refractivity (Wildman–Crippen MR) is 110 cm³/mol. The molecule has 1 fully saturated rings. The summed E-state index contributed by atoms with van der Waals surface area (Å²) in [5.41, 5.74) is 3.59. The number of hydrogen-bond donors (Lipinski definition) is 1. The van der Waals surface area contributed by atoms with Crippen LogP contribution in [0.25, 0.3) is 21.3 Å². The van der Waals surface area contributed by atoms with E-state index in [0.29, 0.717) is 5.82 Å². The quantitative estimate of drug-likeness (QED) is 0.728. The third-order valence-electron chi connectivity index (χ3n) is 5.10. The molecule has 0 saturated heterocycles. The van der Waals surface area contributed by atoms with Gasteiger partial charge in [0.2, 0.25) is 5.91 Å². The maximum Gasteiger partial charge on any atom is 0.228 e. The van der Waals surface area contributed by atoms with E-state index in [0.717, 1.165) is 52.7 Å². The van der Waals surface area contributed by atoms with Crippen molar-refractivity contribution in [2.45, 2.75) is 32.1 Å². The molecular formula is C20H23N5OS. The van der Waals surface area contributed by atoms with Gasteiger partial charge in [0.25, 0.3) is 0 Å². The highest BCUT2D eigenvalue weighted by Gasteiger charge is 2.23. The largest absolute Gasteiger partial charge is 0.374 e. The lowest BCUT2D eigenvalue weighted by Crippen LogP contribution is -2.26. The molecule has 6 nitrogen and oxygen atoms in total. The van der Waals surface area contributed by atoms with Crippen molar-refractivity contribution in [3.05, 3.63) is 30.2 Å². The van der Waals surface area contributed by atoms with Gasteiger partial charge < -0.3 is 10.2 Å². The number of aromatic nitrogens is 3. The molecule has 1 aliphatic rings. The summed E-state index contributed by atoms with van der Waals surface area (Å²) < 4.78 is 0. The van der Waals surface area contributed by atoms with Crippen molar-refractivity contribution in [1.82, 2.24) is 15.0 Å². The zero-order chi connectivity index (χ0) is 18.8. The minimum absolute atomic E-state index is 0.0846. The Bertz CT molecular complexity index is 948. The standard InChI is InChI=1S/C20H23N5OS/c1-25(2)18-15-8-16(17-11-21-12-27-17)22-9-14(15)10-23-19(18)24-20(26)13-6-4-3-5-7-13/h8-13H,3-7H2,1-2H3,(H,23,24,26). The van der Waals surface area contributed by atoms with E-state index in [-0.39, 0.29) is 11.8 Å². The molecule has 0 unspecified atom stereocenters. The van der Waals surface area contributed by atoms with Gasteiger partial charge in [-0.25, -0.2) is 4.98 Å². The first kappa shape index (κ1) is 17.9. The number of nitrogens with one attached hydrogen (secondary N) is 1. The normalized spacial score (nSPS) is 15.0. The highest BCUT2D eigenvalue weighted by atomic mass is 32.1. The van der Waals surface area contributed by atoms with Crippen LogP contribution in [0, 0.1) is 5.92 Å². The Morgan fingerprint density at radius 2 is 1.93 bits per heavy atom. The van der Waals surface area contributed by atoms with Crippen LogP contribution in [0.4, 0.5) is 11.5 Å². The van der Waals surface area contributed by atoms with Gasteiger partial charge >= 0.3 is 0 Å². The van der Waals surface area contributed by atoms with E-state index in [2.05, 4.69) is 26.3 Å². The highest BCUT2D eigenvalue weighted by Crippen LogP contribution is 2.35. The van der Waals surface area contributed by atoms with Crippen molar-refractivity contribution in [2.24, 2.45) is 5.92 Å². The monoisotopic (exact) mass is 381 g/mol. The maximum atomic E-state index is 12.7. The smallest absolute Gasteiger partial charge is 0.228 e. The topological polar surface area (TPSA) is 71.0 Å². The van der Waals surface area contributed by atoms with Gasteiger partial charge in [-0.3, -0.25) is 14.8 Å². The summed E-state index contributed by atoms with van der Waals surface area (Å²) in [4.78, 5) is 29.0. The lowest BCUT2D eigenvalue weighted by atomic mass is 9.88. The molecule has 3 aromatic heterocycles. The number of rotatable bonds is 4. The molecule has 0 aliphatic heterocycles. The van der Waals surface area contributed by atoms with Gasteiger partial charge in [-0.1, -0.05) is 19.3 Å². The van der Waals surface area contributed by atoms with E-state index in [9.17, 15) is 4.79 Å². The van der Waals surface area contributed by atoms with E-state index in [1.54, 1.807) is 23.0 Å². The van der Waals surface area contributed by atoms with Gasteiger partial charge in [-0.15, -0.1) is 11.3 Å². The molecule has 7 heteroatoms. The predicted octanol–water partition coefficient (Wildman–Crippen LogP) is 4.34. The van der Waals surface area contributed by atoms with Crippen molar-refractivity contribution in [3.63, 3.8) is 0 Å². The van der Waals surface area contributed by atoms with Crippen molar-refractivity contribution < 1.29 is 4.79 Å². The van der Waals surface area contributed by atoms with E-state index in [1.165, 1.54) is 6.42 Å². The van der Waals surface area contributed by atoms with Gasteiger partial charge in [0.15, 0.2) is 5.82 Å². The molecule has 3 aromatic rings. The fraction of sp³-hybridized carbons (Fsp3) is 0.400. The summed E-state index contributed by atoms with van der Waals surface area (Å²) >= 11 is 1.56. The van der Waals surface area contributed by atoms with Gasteiger partial charge in [0.05, 0.1) is 21.8 Å². The molecule has 0 spiro atoms. The molecule has 1 aliphatic carbocycles. The summed E-state index contributed by atoms with van der Waals surface area (Å²) in [6.45, 7) is 0. The first-order valence-electron chi connectivity index (χ1n) is 9.29. The maximum absolute atomic E-state index is 12.7. The number of fused-ring (bicyclic) bond motifs is 1. The first-order valence-corrected chi connectivity index (χ1v) is 10.2. The number of nitrogens with zero attached hydrogens (tertiary/aromatic N) is 4. The van der Waals surface area contributed by atoms with E-state index in [4.69, 9.17) is 0 Å². The van der Waals surface area contributed by atoms with E-state index < -0.39 is 0 Å². The minimum Gasteiger partial charge on any atom is -0.374 e. The highest BCUT2D eigenvalue weighted by molar-refractivity contribution is 7.13. The summed E-state index contributed by atoms with van der Waals surface area (Å²) in [6.07, 6.45) is 10.9. The summed E-state index contributed by atoms with van der Waals surface area (Å²) in [6, 6.07) is 2.05. The fourth-order valence-electron chi connectivity index (χ4n) is 3.70. The molecule has 3 heterocycles. The summed E-state index contributed by atoms with van der Waals surface area (Å²) in [5.74, 6) is 0.794. The molecule has 4 rings (SSSR count). The lowest BCUT2D eigenvalue weighted by molar-refractivity contribution is -0.120. The third kappa shape index (κ3) is 3.64. The van der Waals surface area contributed by atoms with Crippen molar-refractivity contribution in [1.29, 1.82) is 0 Å². The van der Waals surface area contributed by atoms with Crippen LogP contribution < -0.4 is 10.2 Å². The minimum atomic E-state index is 0.0846. The molecule has 0 bridgehead atoms. The van der Waals surface area contributed by atoms with Crippen LogP contribution in [0.5, 0.6) is 0 Å². The molecule has 0 radical (unpaired) electrons. The number of pyridine rings is 2. The fourth-order valence-corrected chi connectivity index (χ4v) is 4.29. The summed E-state index contributed by atoms with van der Waals surface area (Å²) in [5, 5.41) is 5.05. The number of hydrogen-bond acceptors (Lipinski definition) is 6. The molecule has 1 N–H and O–H groups in total. The molecule has 140 valence electrons. The van der Waals surface area contributed by atoms with Gasteiger partial charge in [-0.2, -0.15) is 0 Å². The summed E-state index contributed by atoms with van der Waals surface area (Å²) in [7, 11) is 3.94. The average molecular weight is 382 g/mol. The zero-order valence-electron chi connectivity index (χ0n) is 15.6. The molecule has 1 saturated carbocycles. The zero-order valence-corrected chi connectivity index (χ0v) is 16.4. The van der Waals surface area contributed by atoms with Gasteiger partial charge in [0.1, 0.15) is 0 Å². The Morgan fingerprint density at radius 3 is 2.63 bits per heavy atom. The van der Waals surface area contributed by atoms with Crippen molar-refractivity contribution >= 4 is 39.5 Å². The van der Waals surface area contributed by atoms with Gasteiger partial charge in [-0.05, 0) is 18.9 Å². The second-order valence-electron chi connectivity index (χ2n) is 7.20. The van der Waals surface area contributed by atoms with Crippen LogP contribution in [-0.4, -0.2) is 35.0 Å². The van der Waals surface area contributed by atoms with Crippen LogP contribution in [0.15, 0.2) is 30.2 Å². The average Bonchev–Trinajstić information content (AvgIpc) is 3.22. The van der Waals surface area contributed by atoms with Crippen LogP contribution in [0.1, 0.15) is 32.1 Å². The lowest BCUT2D eigenvalue weighted by Gasteiger charge is -2.23. The van der Waals surface area contributed by atoms with Crippen LogP contribution in [-0.2, 0) is 4.79 Å². The van der Waals surface area contributed by atoms with Gasteiger partial charge in [0, 0.05) is 49.4 Å². The number of carbonyl (C=O) groups is 1. The second-order valence-corrected chi connectivity index (χ2v) is 8.08. The number of carbonyl (C=O) groups excluding carboxylic acids is 1. The van der Waals surface area contributed by atoms with E-state index >= 15 is 0 Å². The molecule has 1 amide bonds. The number of thiazole rings is 1. The SMILES string of the molecule is CN(C)c1c(NC(=O)C2CCCCC2)ncc2cnc(-c3cncs3)cc12. The Kier molecular flexibility index (Phi) is 5.03. The Balaban J connectivity index is 1.73. The van der Waals surface area contributed by atoms with Crippen LogP contribution in [0.3, 0.4) is 0 Å². The molecule has 27 heavy (non-hydrogen) atoms. The Hall–Kier alpha value is -2.54. The molecule has 0 aromatic carbocycles. The van der Waals surface area contributed by atoms with E-state index in [1.807, 2.05) is 31.4 Å². The number of anilines is 2. The molecule has 0 atom stereocenters. The Labute approximate surface area is 162 Å². The third-order valence-corrected chi connectivity index (χ3v) is 5.89. The van der Waals surface area contributed by atoms with Crippen molar-refractivity contribution in [3.8, 4) is 10.6 Å². The molecular weight excluding hydrogens is 358 g/mol. The van der Waals surface area contributed by atoms with Crippen LogP contribution in [0.2, 0.25) is 0 Å². The second kappa shape index (κ2) is 7.60. The van der Waals surface area contributed by atoms with Crippen molar-refractivity contribution in [2.75, 3.05) is 24.3 Å². The first-order chi connectivity index (χ1) is 13.1. The number of amides is 1. The van der Waals surface area contributed by atoms with Crippen LogP contribution >= 0.6 is 11.3 Å².